The molecule has 0 aliphatic rings. The van der Waals surface area contributed by atoms with Crippen LogP contribution in [0.15, 0.2) is 0 Å². The van der Waals surface area contributed by atoms with Gasteiger partial charge in [0.15, 0.2) is 0 Å². The van der Waals surface area contributed by atoms with Gasteiger partial charge in [0.25, 0.3) is 0 Å². The highest BCUT2D eigenvalue weighted by Crippen LogP contribution is 2.08. The normalized spacial score (nSPS) is 11.6. The molecule has 0 fully saturated rings. The third kappa shape index (κ3) is 6.69. The van der Waals surface area contributed by atoms with Crippen molar-refractivity contribution in [1.82, 2.24) is 0 Å². The van der Waals surface area contributed by atoms with E-state index in [-0.39, 0.29) is 0 Å². The maximum Gasteiger partial charge on any atom is 0.320 e. The van der Waals surface area contributed by atoms with Crippen molar-refractivity contribution in [3.8, 4) is 0 Å². The van der Waals surface area contributed by atoms with Gasteiger partial charge in [-0.2, -0.15) is 0 Å². The molecule has 0 unspecified atom stereocenters. The standard InChI is InChI=1S/C8H22O4Si2/c1-9-13(10-2)7-5-6-8-14(11-3)12-4/h13-14H,5-8H2,1-4H3. The fourth-order valence-corrected chi connectivity index (χ4v) is 3.86. The molecule has 0 amide bonds. The van der Waals surface area contributed by atoms with Gasteiger partial charge >= 0.3 is 18.6 Å². The highest BCUT2D eigenvalue weighted by molar-refractivity contribution is 6.44. The minimum atomic E-state index is -1.34. The van der Waals surface area contributed by atoms with Gasteiger partial charge in [-0.25, -0.2) is 0 Å². The van der Waals surface area contributed by atoms with Crippen LogP contribution in [0.4, 0.5) is 0 Å². The van der Waals surface area contributed by atoms with E-state index in [9.17, 15) is 0 Å². The molecule has 0 heterocycles. The Bertz CT molecular complexity index is 104. The molecule has 86 valence electrons. The molecule has 0 bridgehead atoms. The Kier molecular flexibility index (Phi) is 10.0. The maximum atomic E-state index is 5.22. The van der Waals surface area contributed by atoms with Gasteiger partial charge in [-0.1, -0.05) is 12.8 Å². The smallest absolute Gasteiger partial charge is 0.320 e. The van der Waals surface area contributed by atoms with E-state index in [1.165, 1.54) is 0 Å². The summed E-state index contributed by atoms with van der Waals surface area (Å²) >= 11 is 0. The van der Waals surface area contributed by atoms with Crippen molar-refractivity contribution in [2.75, 3.05) is 28.4 Å². The van der Waals surface area contributed by atoms with E-state index in [1.807, 2.05) is 0 Å². The van der Waals surface area contributed by atoms with Crippen LogP contribution < -0.4 is 0 Å². The Labute approximate surface area is 90.2 Å². The van der Waals surface area contributed by atoms with E-state index in [0.29, 0.717) is 0 Å². The molecule has 0 aliphatic heterocycles. The minimum Gasteiger partial charge on any atom is -0.400 e. The lowest BCUT2D eigenvalue weighted by Gasteiger charge is -2.12. The van der Waals surface area contributed by atoms with E-state index in [1.54, 1.807) is 28.4 Å². The third-order valence-corrected chi connectivity index (χ3v) is 6.04. The van der Waals surface area contributed by atoms with Crippen molar-refractivity contribution < 1.29 is 17.7 Å². The van der Waals surface area contributed by atoms with E-state index in [0.717, 1.165) is 24.9 Å². The second-order valence-corrected chi connectivity index (χ2v) is 7.84. The van der Waals surface area contributed by atoms with Gasteiger partial charge in [0.2, 0.25) is 0 Å². The molecule has 6 heteroatoms. The van der Waals surface area contributed by atoms with E-state index >= 15 is 0 Å². The Balaban J connectivity index is 3.35. The van der Waals surface area contributed by atoms with Gasteiger partial charge < -0.3 is 17.7 Å². The van der Waals surface area contributed by atoms with Crippen molar-refractivity contribution in [1.29, 1.82) is 0 Å². The lowest BCUT2D eigenvalue weighted by molar-refractivity contribution is 0.271. The van der Waals surface area contributed by atoms with Crippen LogP contribution in [-0.4, -0.2) is 47.0 Å². The van der Waals surface area contributed by atoms with Crippen LogP contribution in [0.25, 0.3) is 0 Å². The van der Waals surface area contributed by atoms with Crippen molar-refractivity contribution in [2.45, 2.75) is 24.9 Å². The summed E-state index contributed by atoms with van der Waals surface area (Å²) in [6.07, 6.45) is 2.30. The minimum absolute atomic E-state index is 1.07. The summed E-state index contributed by atoms with van der Waals surface area (Å²) in [6.45, 7) is 0. The van der Waals surface area contributed by atoms with Crippen LogP contribution in [0.3, 0.4) is 0 Å². The first-order chi connectivity index (χ1) is 6.78. The largest absolute Gasteiger partial charge is 0.400 e. The summed E-state index contributed by atoms with van der Waals surface area (Å²) in [4.78, 5) is 0. The summed E-state index contributed by atoms with van der Waals surface area (Å²) in [5.74, 6) is 0. The zero-order chi connectivity index (χ0) is 10.8. The van der Waals surface area contributed by atoms with Crippen molar-refractivity contribution >= 4 is 18.6 Å². The lowest BCUT2D eigenvalue weighted by atomic mass is 10.4. The molecule has 0 aromatic heterocycles. The average molecular weight is 238 g/mol. The van der Waals surface area contributed by atoms with E-state index < -0.39 is 18.6 Å². The Morgan fingerprint density at radius 3 is 1.14 bits per heavy atom. The SMILES string of the molecule is CO[SiH](CCCC[SiH](OC)OC)OC. The first-order valence-electron chi connectivity index (χ1n) is 4.89. The molecule has 0 aromatic rings. The first-order valence-corrected chi connectivity index (χ1v) is 8.41. The highest BCUT2D eigenvalue weighted by atomic mass is 28.3. The second kappa shape index (κ2) is 9.81. The summed E-state index contributed by atoms with van der Waals surface area (Å²) in [5.41, 5.74) is 0. The quantitative estimate of drug-likeness (QED) is 0.440. The Morgan fingerprint density at radius 1 is 0.643 bits per heavy atom. The fourth-order valence-electron chi connectivity index (χ4n) is 1.29. The zero-order valence-electron chi connectivity index (χ0n) is 9.62. The predicted molar refractivity (Wildman–Crippen MR) is 61.2 cm³/mol. The van der Waals surface area contributed by atoms with Gasteiger partial charge in [0.1, 0.15) is 0 Å². The van der Waals surface area contributed by atoms with Crippen molar-refractivity contribution in [3.05, 3.63) is 0 Å². The lowest BCUT2D eigenvalue weighted by Crippen LogP contribution is -2.20. The summed E-state index contributed by atoms with van der Waals surface area (Å²) < 4.78 is 20.9. The maximum absolute atomic E-state index is 5.22. The molecule has 0 N–H and O–H groups in total. The summed E-state index contributed by atoms with van der Waals surface area (Å²) in [5, 5.41) is 0. The molecule has 14 heavy (non-hydrogen) atoms. The Hall–Kier alpha value is 0.274. The van der Waals surface area contributed by atoms with Gasteiger partial charge in [-0.3, -0.25) is 0 Å². The average Bonchev–Trinajstić information content (AvgIpc) is 2.24. The number of unbranched alkanes of at least 4 members (excludes halogenated alkanes) is 1. The second-order valence-electron chi connectivity index (χ2n) is 3.09. The molecule has 0 saturated heterocycles. The third-order valence-electron chi connectivity index (χ3n) is 2.18. The molecule has 0 rings (SSSR count). The number of hydrogen-bond donors (Lipinski definition) is 0. The fraction of sp³-hybridized carbons (Fsp3) is 1.00. The van der Waals surface area contributed by atoms with Crippen molar-refractivity contribution in [3.63, 3.8) is 0 Å². The van der Waals surface area contributed by atoms with E-state index in [2.05, 4.69) is 0 Å². The highest BCUT2D eigenvalue weighted by Gasteiger charge is 2.11. The van der Waals surface area contributed by atoms with Crippen LogP contribution in [0.5, 0.6) is 0 Å². The van der Waals surface area contributed by atoms with Gasteiger partial charge in [-0.05, 0) is 12.1 Å². The van der Waals surface area contributed by atoms with Gasteiger partial charge in [0.05, 0.1) is 0 Å². The molecular weight excluding hydrogens is 216 g/mol. The Morgan fingerprint density at radius 2 is 0.929 bits per heavy atom. The number of rotatable bonds is 9. The van der Waals surface area contributed by atoms with Crippen molar-refractivity contribution in [2.24, 2.45) is 0 Å². The van der Waals surface area contributed by atoms with Crippen LogP contribution in [0.1, 0.15) is 12.8 Å². The monoisotopic (exact) mass is 238 g/mol. The van der Waals surface area contributed by atoms with E-state index in [4.69, 9.17) is 17.7 Å². The van der Waals surface area contributed by atoms with Crippen LogP contribution in [0.2, 0.25) is 12.1 Å². The molecule has 0 aromatic carbocycles. The predicted octanol–water partition coefficient (Wildman–Crippen LogP) is 0.793. The molecule has 0 spiro atoms. The molecule has 0 aliphatic carbocycles. The molecule has 0 atom stereocenters. The first kappa shape index (κ1) is 14.3. The topological polar surface area (TPSA) is 36.9 Å². The van der Waals surface area contributed by atoms with Crippen LogP contribution in [-0.2, 0) is 17.7 Å². The molecule has 4 nitrogen and oxygen atoms in total. The number of hydrogen-bond acceptors (Lipinski definition) is 4. The zero-order valence-corrected chi connectivity index (χ0v) is 11.9. The van der Waals surface area contributed by atoms with Crippen LogP contribution in [0, 0.1) is 0 Å². The molecular formula is C8H22O4Si2. The van der Waals surface area contributed by atoms with Gasteiger partial charge in [-0.15, -0.1) is 0 Å². The summed E-state index contributed by atoms with van der Waals surface area (Å²) in [6, 6.07) is 2.14. The molecule has 0 radical (unpaired) electrons. The van der Waals surface area contributed by atoms with Crippen LogP contribution >= 0.6 is 0 Å². The molecule has 0 saturated carbocycles. The summed E-state index contributed by atoms with van der Waals surface area (Å²) in [7, 11) is 4.22. The van der Waals surface area contributed by atoms with Gasteiger partial charge in [0, 0.05) is 28.4 Å².